The van der Waals surface area contributed by atoms with E-state index >= 15 is 0 Å². The number of hydrogen-bond acceptors (Lipinski definition) is 11. The molecule has 192 valence electrons. The molecule has 4 fully saturated rings. The van der Waals surface area contributed by atoms with Gasteiger partial charge in [-0.15, -0.1) is 0 Å². The molecule has 0 aromatic carbocycles. The number of hydrogen-bond donors (Lipinski definition) is 11. The van der Waals surface area contributed by atoms with Crippen LogP contribution in [0.1, 0.15) is 39.0 Å². The van der Waals surface area contributed by atoms with Crippen LogP contribution in [0.5, 0.6) is 0 Å². The SMILES string of the molecule is CC(CO)C1CCC(O)C2C(O)C3C(O)C4(O)C(O)C(C(O)O)C(O)CC4(O)CC3(O)CC12. The summed E-state index contributed by atoms with van der Waals surface area (Å²) in [5.41, 5.74) is -7.11. The molecule has 0 amide bonds. The Bertz CT molecular complexity index is 737. The fourth-order valence-corrected chi connectivity index (χ4v) is 7.95. The molecule has 14 unspecified atom stereocenters. The van der Waals surface area contributed by atoms with E-state index < -0.39 is 90.1 Å². The summed E-state index contributed by atoms with van der Waals surface area (Å²) >= 11 is 0. The topological polar surface area (TPSA) is 223 Å². The minimum absolute atomic E-state index is 0.0425. The van der Waals surface area contributed by atoms with Crippen LogP contribution in [0.2, 0.25) is 0 Å². The Morgan fingerprint density at radius 1 is 0.879 bits per heavy atom. The maximum absolute atomic E-state index is 11.7. The third-order valence-corrected chi connectivity index (χ3v) is 9.56. The van der Waals surface area contributed by atoms with Crippen LogP contribution in [0.25, 0.3) is 0 Å². The average Bonchev–Trinajstić information content (AvgIpc) is 2.69. The highest BCUT2D eigenvalue weighted by Crippen LogP contribution is 2.61. The van der Waals surface area contributed by atoms with E-state index in [1.807, 2.05) is 6.92 Å². The van der Waals surface area contributed by atoms with Crippen LogP contribution >= 0.6 is 0 Å². The first kappa shape index (κ1) is 25.6. The van der Waals surface area contributed by atoms with Crippen molar-refractivity contribution in [3.8, 4) is 0 Å². The zero-order chi connectivity index (χ0) is 24.7. The molecule has 0 aliphatic heterocycles. The van der Waals surface area contributed by atoms with Gasteiger partial charge in [0.05, 0.1) is 42.0 Å². The molecule has 0 heterocycles. The molecular formula is C22H38O11. The molecule has 4 aliphatic carbocycles. The van der Waals surface area contributed by atoms with Crippen LogP contribution in [0, 0.1) is 35.5 Å². The highest BCUT2D eigenvalue weighted by atomic mass is 16.5. The first-order valence-electron chi connectivity index (χ1n) is 11.8. The Hall–Kier alpha value is -0.440. The fraction of sp³-hybridized carbons (Fsp3) is 1.00. The molecule has 14 atom stereocenters. The van der Waals surface area contributed by atoms with Gasteiger partial charge in [-0.25, -0.2) is 0 Å². The van der Waals surface area contributed by atoms with E-state index in [0.29, 0.717) is 12.8 Å². The van der Waals surface area contributed by atoms with E-state index in [9.17, 15) is 56.2 Å². The largest absolute Gasteiger partial charge is 0.396 e. The van der Waals surface area contributed by atoms with Gasteiger partial charge in [-0.1, -0.05) is 6.92 Å². The summed E-state index contributed by atoms with van der Waals surface area (Å²) in [6.07, 6.45) is -11.1. The Morgan fingerprint density at radius 3 is 2.09 bits per heavy atom. The number of fused-ring (bicyclic) bond motifs is 3. The van der Waals surface area contributed by atoms with E-state index in [1.165, 1.54) is 0 Å². The van der Waals surface area contributed by atoms with Gasteiger partial charge >= 0.3 is 0 Å². The molecule has 0 radical (unpaired) electrons. The van der Waals surface area contributed by atoms with Crippen LogP contribution in [0.4, 0.5) is 0 Å². The summed E-state index contributed by atoms with van der Waals surface area (Å²) in [7, 11) is 0. The molecule has 0 spiro atoms. The summed E-state index contributed by atoms with van der Waals surface area (Å²) in [5.74, 6) is -4.73. The number of aliphatic hydroxyl groups is 11. The van der Waals surface area contributed by atoms with Crippen molar-refractivity contribution in [2.45, 2.75) is 92.6 Å². The Labute approximate surface area is 191 Å². The van der Waals surface area contributed by atoms with Crippen molar-refractivity contribution in [1.29, 1.82) is 0 Å². The van der Waals surface area contributed by atoms with Crippen molar-refractivity contribution in [3.63, 3.8) is 0 Å². The van der Waals surface area contributed by atoms with Gasteiger partial charge in [0.2, 0.25) is 0 Å². The van der Waals surface area contributed by atoms with Crippen molar-refractivity contribution < 1.29 is 56.2 Å². The van der Waals surface area contributed by atoms with E-state index in [4.69, 9.17) is 0 Å². The first-order chi connectivity index (χ1) is 15.2. The average molecular weight is 479 g/mol. The van der Waals surface area contributed by atoms with Gasteiger partial charge in [-0.3, -0.25) is 0 Å². The minimum Gasteiger partial charge on any atom is -0.396 e. The molecule has 4 rings (SSSR count). The minimum atomic E-state index is -2.79. The third kappa shape index (κ3) is 3.44. The molecule has 0 aromatic heterocycles. The first-order valence-corrected chi connectivity index (χ1v) is 11.8. The highest BCUT2D eigenvalue weighted by Gasteiger charge is 2.76. The van der Waals surface area contributed by atoms with Gasteiger partial charge < -0.3 is 56.2 Å². The zero-order valence-electron chi connectivity index (χ0n) is 18.6. The lowest BCUT2D eigenvalue weighted by Crippen LogP contribution is -2.83. The molecule has 11 nitrogen and oxygen atoms in total. The quantitative estimate of drug-likeness (QED) is 0.175. The van der Waals surface area contributed by atoms with Crippen LogP contribution < -0.4 is 0 Å². The second-order valence-electron chi connectivity index (χ2n) is 11.2. The van der Waals surface area contributed by atoms with E-state index in [0.717, 1.165) is 0 Å². The summed E-state index contributed by atoms with van der Waals surface area (Å²) in [4.78, 5) is 0. The predicted molar refractivity (Wildman–Crippen MR) is 110 cm³/mol. The Morgan fingerprint density at radius 2 is 1.52 bits per heavy atom. The third-order valence-electron chi connectivity index (χ3n) is 9.56. The Kier molecular flexibility index (Phi) is 6.46. The fourth-order valence-electron chi connectivity index (χ4n) is 7.95. The van der Waals surface area contributed by atoms with Crippen LogP contribution in [-0.2, 0) is 0 Å². The van der Waals surface area contributed by atoms with Gasteiger partial charge in [0.25, 0.3) is 0 Å². The van der Waals surface area contributed by atoms with Crippen LogP contribution in [-0.4, -0.2) is 116 Å². The number of aliphatic hydroxyl groups excluding tert-OH is 7. The summed E-state index contributed by atoms with van der Waals surface area (Å²) in [5, 5.41) is 118. The van der Waals surface area contributed by atoms with Gasteiger partial charge in [0.15, 0.2) is 6.29 Å². The molecule has 0 bridgehead atoms. The molecule has 11 N–H and O–H groups in total. The lowest BCUT2D eigenvalue weighted by molar-refractivity contribution is -0.373. The van der Waals surface area contributed by atoms with Gasteiger partial charge in [0, 0.05) is 31.3 Å². The molecule has 0 saturated heterocycles. The summed E-state index contributed by atoms with van der Waals surface area (Å²) in [6, 6.07) is 0. The normalized spacial score (nSPS) is 57.7. The van der Waals surface area contributed by atoms with Gasteiger partial charge in [0.1, 0.15) is 11.2 Å². The summed E-state index contributed by atoms with van der Waals surface area (Å²) in [6.45, 7) is 1.70. The molecule has 4 saturated carbocycles. The highest BCUT2D eigenvalue weighted by molar-refractivity contribution is 5.26. The van der Waals surface area contributed by atoms with E-state index in [1.54, 1.807) is 0 Å². The van der Waals surface area contributed by atoms with Crippen molar-refractivity contribution in [2.24, 2.45) is 35.5 Å². The van der Waals surface area contributed by atoms with Crippen molar-refractivity contribution >= 4 is 0 Å². The van der Waals surface area contributed by atoms with Gasteiger partial charge in [-0.05, 0) is 37.0 Å². The van der Waals surface area contributed by atoms with Crippen LogP contribution in [0.3, 0.4) is 0 Å². The van der Waals surface area contributed by atoms with Crippen molar-refractivity contribution in [3.05, 3.63) is 0 Å². The van der Waals surface area contributed by atoms with E-state index in [-0.39, 0.29) is 24.9 Å². The second-order valence-corrected chi connectivity index (χ2v) is 11.2. The molecule has 0 aromatic rings. The number of rotatable bonds is 3. The lowest BCUT2D eigenvalue weighted by atomic mass is 9.44. The van der Waals surface area contributed by atoms with Crippen molar-refractivity contribution in [2.75, 3.05) is 6.61 Å². The second kappa shape index (κ2) is 8.31. The Balaban J connectivity index is 1.77. The smallest absolute Gasteiger partial charge is 0.159 e. The monoisotopic (exact) mass is 478 g/mol. The summed E-state index contributed by atoms with van der Waals surface area (Å²) < 4.78 is 0. The zero-order valence-corrected chi connectivity index (χ0v) is 18.6. The maximum Gasteiger partial charge on any atom is 0.159 e. The lowest BCUT2D eigenvalue weighted by Gasteiger charge is -2.67. The van der Waals surface area contributed by atoms with Crippen LogP contribution in [0.15, 0.2) is 0 Å². The standard InChI is InChI=1S/C22H38O11/c1-8(6-23)9-2-3-11(24)13-10(9)4-20(31)7-21(32)5-12(25)14(19(29)30)17(27)22(21,33)18(28)15(20)16(13)26/h8-19,23-33H,2-7H2,1H3. The van der Waals surface area contributed by atoms with E-state index in [2.05, 4.69) is 0 Å². The molecule has 4 aliphatic rings. The maximum atomic E-state index is 11.7. The molecular weight excluding hydrogens is 440 g/mol. The molecule has 11 heteroatoms. The van der Waals surface area contributed by atoms with Crippen molar-refractivity contribution in [1.82, 2.24) is 0 Å². The van der Waals surface area contributed by atoms with Gasteiger partial charge in [-0.2, -0.15) is 0 Å². The predicted octanol–water partition coefficient (Wildman–Crippen LogP) is -3.99. The molecule has 33 heavy (non-hydrogen) atoms.